The van der Waals surface area contributed by atoms with E-state index < -0.39 is 0 Å². The lowest BCUT2D eigenvalue weighted by atomic mass is 9.85. The Bertz CT molecular complexity index is 3250. The Kier molecular flexibility index (Phi) is 8.42. The molecule has 0 aliphatic rings. The van der Waals surface area contributed by atoms with Crippen LogP contribution in [0.1, 0.15) is 0 Å². The first-order chi connectivity index (χ1) is 28.8. The van der Waals surface area contributed by atoms with Gasteiger partial charge in [0.05, 0.1) is 10.4 Å². The number of benzene rings is 10. The molecule has 0 spiro atoms. The van der Waals surface area contributed by atoms with E-state index in [9.17, 15) is 0 Å². The Morgan fingerprint density at radius 1 is 0.276 bits per heavy atom. The third-order valence-electron chi connectivity index (χ3n) is 11.5. The summed E-state index contributed by atoms with van der Waals surface area (Å²) in [4.78, 5) is 2.45. The lowest BCUT2D eigenvalue weighted by molar-refractivity contribution is 1.30. The lowest BCUT2D eigenvalue weighted by Gasteiger charge is -2.27. The van der Waals surface area contributed by atoms with Crippen LogP contribution in [0.4, 0.5) is 17.1 Å². The zero-order valence-corrected chi connectivity index (χ0v) is 32.5. The Morgan fingerprint density at radius 3 is 1.36 bits per heavy atom. The molecule has 1 heterocycles. The average Bonchev–Trinajstić information content (AvgIpc) is 3.69. The molecule has 11 rings (SSSR count). The predicted molar refractivity (Wildman–Crippen MR) is 251 cm³/mol. The van der Waals surface area contributed by atoms with Crippen molar-refractivity contribution < 1.29 is 0 Å². The van der Waals surface area contributed by atoms with Gasteiger partial charge in [-0.25, -0.2) is 0 Å². The molecule has 0 N–H and O–H groups in total. The minimum absolute atomic E-state index is 1.11. The minimum atomic E-state index is 1.11. The van der Waals surface area contributed by atoms with Crippen LogP contribution in [0.2, 0.25) is 0 Å². The van der Waals surface area contributed by atoms with E-state index in [0.29, 0.717) is 0 Å². The summed E-state index contributed by atoms with van der Waals surface area (Å²) in [5.41, 5.74) is 13.1. The Hall–Kier alpha value is -7.26. The van der Waals surface area contributed by atoms with Gasteiger partial charge in [0.15, 0.2) is 0 Å². The third-order valence-corrected chi connectivity index (χ3v) is 12.7. The van der Waals surface area contributed by atoms with Crippen LogP contribution < -0.4 is 4.90 Å². The average molecular weight is 756 g/mol. The fourth-order valence-electron chi connectivity index (χ4n) is 8.77. The normalized spacial score (nSPS) is 11.4. The van der Waals surface area contributed by atoms with Crippen molar-refractivity contribution in [3.05, 3.63) is 224 Å². The summed E-state index contributed by atoms with van der Waals surface area (Å²) >= 11 is 1.87. The molecular weight excluding hydrogens is 719 g/mol. The zero-order chi connectivity index (χ0) is 38.4. The first-order valence-corrected chi connectivity index (χ1v) is 20.7. The van der Waals surface area contributed by atoms with Crippen LogP contribution in [0.5, 0.6) is 0 Å². The van der Waals surface area contributed by atoms with Crippen molar-refractivity contribution in [1.29, 1.82) is 0 Å². The largest absolute Gasteiger partial charge is 0.309 e. The maximum absolute atomic E-state index is 2.45. The van der Waals surface area contributed by atoms with E-state index in [-0.39, 0.29) is 0 Å². The summed E-state index contributed by atoms with van der Waals surface area (Å²) in [6.07, 6.45) is 0. The third kappa shape index (κ3) is 5.86. The Balaban J connectivity index is 1.11. The monoisotopic (exact) mass is 755 g/mol. The van der Waals surface area contributed by atoms with Crippen molar-refractivity contribution in [2.24, 2.45) is 0 Å². The fourth-order valence-corrected chi connectivity index (χ4v) is 9.98. The van der Waals surface area contributed by atoms with Gasteiger partial charge in [0.25, 0.3) is 0 Å². The topological polar surface area (TPSA) is 3.24 Å². The van der Waals surface area contributed by atoms with Crippen LogP contribution >= 0.6 is 11.3 Å². The molecule has 0 fully saturated rings. The number of anilines is 3. The van der Waals surface area contributed by atoms with Crippen molar-refractivity contribution in [3.8, 4) is 44.5 Å². The highest BCUT2D eigenvalue weighted by Crippen LogP contribution is 2.48. The van der Waals surface area contributed by atoms with Gasteiger partial charge in [0, 0.05) is 26.8 Å². The summed E-state index contributed by atoms with van der Waals surface area (Å²) in [7, 11) is 0. The van der Waals surface area contributed by atoms with Crippen LogP contribution in [0.3, 0.4) is 0 Å². The van der Waals surface area contributed by atoms with Crippen molar-refractivity contribution in [3.63, 3.8) is 0 Å². The molecular formula is C56H37NS. The van der Waals surface area contributed by atoms with Crippen molar-refractivity contribution in [2.45, 2.75) is 0 Å². The molecule has 1 nitrogen and oxygen atoms in total. The van der Waals surface area contributed by atoms with Gasteiger partial charge in [-0.1, -0.05) is 188 Å². The number of fused-ring (bicyclic) bond motifs is 6. The highest BCUT2D eigenvalue weighted by molar-refractivity contribution is 7.26. The summed E-state index contributed by atoms with van der Waals surface area (Å²) in [5.74, 6) is 0. The molecule has 2 heteroatoms. The highest BCUT2D eigenvalue weighted by atomic mass is 32.1. The van der Waals surface area contributed by atoms with E-state index in [4.69, 9.17) is 0 Å². The standard InChI is InChI=1S/C56H37NS/c1-3-15-38(16-4-1)39-29-31-40(32-30-39)41-33-35-44(36-34-41)57(52-27-14-26-51-48-23-11-12-28-53(48)58-56(51)52)45-20-13-19-43(37-45)55-50-25-10-8-22-47(50)46-21-7-9-24-49(46)54(55)42-17-5-2-6-18-42/h1-37H. The molecule has 272 valence electrons. The van der Waals surface area contributed by atoms with Crippen LogP contribution in [-0.4, -0.2) is 0 Å². The summed E-state index contributed by atoms with van der Waals surface area (Å²) in [5, 5.41) is 7.61. The Morgan fingerprint density at radius 2 is 0.724 bits per heavy atom. The van der Waals surface area contributed by atoms with Crippen LogP contribution in [0.15, 0.2) is 224 Å². The lowest BCUT2D eigenvalue weighted by Crippen LogP contribution is -2.10. The molecule has 10 aromatic carbocycles. The van der Waals surface area contributed by atoms with Gasteiger partial charge < -0.3 is 4.90 Å². The van der Waals surface area contributed by atoms with Gasteiger partial charge in [-0.3, -0.25) is 0 Å². The molecule has 0 aliphatic heterocycles. The molecule has 0 unspecified atom stereocenters. The van der Waals surface area contributed by atoms with Gasteiger partial charge in [0.2, 0.25) is 0 Å². The molecule has 58 heavy (non-hydrogen) atoms. The maximum Gasteiger partial charge on any atom is 0.0640 e. The molecule has 0 atom stereocenters. The van der Waals surface area contributed by atoms with Crippen molar-refractivity contribution in [1.82, 2.24) is 0 Å². The quantitative estimate of drug-likeness (QED) is 0.146. The predicted octanol–water partition coefficient (Wildman–Crippen LogP) is 16.5. The van der Waals surface area contributed by atoms with E-state index in [1.54, 1.807) is 0 Å². The highest BCUT2D eigenvalue weighted by Gasteiger charge is 2.21. The number of hydrogen-bond acceptors (Lipinski definition) is 2. The van der Waals surface area contributed by atoms with Gasteiger partial charge in [-0.15, -0.1) is 11.3 Å². The summed E-state index contributed by atoms with van der Waals surface area (Å²) in [6, 6.07) is 81.9. The van der Waals surface area contributed by atoms with Crippen molar-refractivity contribution >= 4 is 70.1 Å². The van der Waals surface area contributed by atoms with E-state index in [0.717, 1.165) is 11.4 Å². The first kappa shape index (κ1) is 34.0. The molecule has 0 bridgehead atoms. The summed E-state index contributed by atoms with van der Waals surface area (Å²) in [6.45, 7) is 0. The van der Waals surface area contributed by atoms with Gasteiger partial charge in [0.1, 0.15) is 0 Å². The molecule has 1 aromatic heterocycles. The second-order valence-electron chi connectivity index (χ2n) is 14.8. The van der Waals surface area contributed by atoms with E-state index in [2.05, 4.69) is 229 Å². The number of thiophene rings is 1. The van der Waals surface area contributed by atoms with Crippen LogP contribution in [0.25, 0.3) is 86.2 Å². The smallest absolute Gasteiger partial charge is 0.0640 e. The first-order valence-electron chi connectivity index (χ1n) is 19.8. The molecule has 0 saturated heterocycles. The second-order valence-corrected chi connectivity index (χ2v) is 15.9. The molecule has 11 aromatic rings. The summed E-state index contributed by atoms with van der Waals surface area (Å²) < 4.78 is 2.57. The Labute approximate surface area is 342 Å². The van der Waals surface area contributed by atoms with Crippen molar-refractivity contribution in [2.75, 3.05) is 4.90 Å². The number of rotatable bonds is 7. The fraction of sp³-hybridized carbons (Fsp3) is 0. The zero-order valence-electron chi connectivity index (χ0n) is 31.7. The SMILES string of the molecule is c1ccc(-c2ccc(-c3ccc(N(c4cccc(-c5c(-c6ccccc6)c6ccccc6c6ccccc56)c4)c4cccc5c4sc4ccccc45)cc3)cc2)cc1. The number of nitrogens with zero attached hydrogens (tertiary/aromatic N) is 1. The molecule has 0 radical (unpaired) electrons. The van der Waals surface area contributed by atoms with E-state index in [1.807, 2.05) is 11.3 Å². The van der Waals surface area contributed by atoms with Gasteiger partial charge in [-0.2, -0.15) is 0 Å². The van der Waals surface area contributed by atoms with Crippen LogP contribution in [0, 0.1) is 0 Å². The van der Waals surface area contributed by atoms with Crippen LogP contribution in [-0.2, 0) is 0 Å². The molecule has 0 aliphatic carbocycles. The molecule has 0 amide bonds. The maximum atomic E-state index is 2.45. The molecule has 0 saturated carbocycles. The van der Waals surface area contributed by atoms with Gasteiger partial charge >= 0.3 is 0 Å². The number of hydrogen-bond donors (Lipinski definition) is 0. The minimum Gasteiger partial charge on any atom is -0.309 e. The van der Waals surface area contributed by atoms with E-state index >= 15 is 0 Å². The van der Waals surface area contributed by atoms with E-state index in [1.165, 1.54) is 91.9 Å². The second kappa shape index (κ2) is 14.4. The van der Waals surface area contributed by atoms with Gasteiger partial charge in [-0.05, 0) is 102 Å².